The summed E-state index contributed by atoms with van der Waals surface area (Å²) in [6.07, 6.45) is 12.2. The monoisotopic (exact) mass is 281 g/mol. The van der Waals surface area contributed by atoms with E-state index in [2.05, 4.69) is 29.4 Å². The lowest BCUT2D eigenvalue weighted by molar-refractivity contribution is 0.435. The molecule has 116 valence electrons. The van der Waals surface area contributed by atoms with Crippen LogP contribution in [0.1, 0.15) is 77.0 Å². The van der Waals surface area contributed by atoms with Crippen molar-refractivity contribution in [3.63, 3.8) is 0 Å². The van der Waals surface area contributed by atoms with E-state index in [1.165, 1.54) is 44.9 Å². The minimum Gasteiger partial charge on any atom is -0.425 e. The first-order valence-electron chi connectivity index (χ1n) is 8.38. The van der Waals surface area contributed by atoms with Gasteiger partial charge in [0.1, 0.15) is 0 Å². The van der Waals surface area contributed by atoms with Crippen LogP contribution in [0.2, 0.25) is 0 Å². The Labute approximate surface area is 123 Å². The van der Waals surface area contributed by atoms with Crippen LogP contribution in [-0.4, -0.2) is 23.3 Å². The Balaban J connectivity index is 2.02. The molecular weight excluding hydrogens is 250 g/mol. The number of nitrogens with one attached hydrogen (secondary N) is 1. The van der Waals surface area contributed by atoms with E-state index in [-0.39, 0.29) is 0 Å². The van der Waals surface area contributed by atoms with Gasteiger partial charge in [0.2, 0.25) is 11.8 Å². The Bertz CT molecular complexity index is 325. The lowest BCUT2D eigenvalue weighted by Crippen LogP contribution is -2.17. The molecule has 0 aliphatic heterocycles. The molecule has 0 radical (unpaired) electrons. The Kier molecular flexibility index (Phi) is 10.2. The summed E-state index contributed by atoms with van der Waals surface area (Å²) in [5.41, 5.74) is 0. The van der Waals surface area contributed by atoms with E-state index in [0.29, 0.717) is 0 Å². The van der Waals surface area contributed by atoms with Crippen molar-refractivity contribution in [2.24, 2.45) is 0 Å². The molecule has 1 heterocycles. The number of unbranched alkanes of at least 4 members (excludes halogenated alkanes) is 6. The summed E-state index contributed by atoms with van der Waals surface area (Å²) < 4.78 is 5.65. The van der Waals surface area contributed by atoms with E-state index in [0.717, 1.165) is 44.1 Å². The quantitative estimate of drug-likeness (QED) is 0.557. The van der Waals surface area contributed by atoms with Crippen LogP contribution >= 0.6 is 0 Å². The van der Waals surface area contributed by atoms with E-state index in [9.17, 15) is 0 Å². The first-order chi connectivity index (χ1) is 9.86. The van der Waals surface area contributed by atoms with Crippen LogP contribution in [0.5, 0.6) is 0 Å². The van der Waals surface area contributed by atoms with Crippen molar-refractivity contribution in [3.8, 4) is 0 Å². The first-order valence-corrected chi connectivity index (χ1v) is 8.38. The average Bonchev–Trinajstić information content (AvgIpc) is 2.90. The second kappa shape index (κ2) is 11.9. The second-order valence-corrected chi connectivity index (χ2v) is 5.46. The van der Waals surface area contributed by atoms with Gasteiger partial charge in [0.15, 0.2) is 0 Å². The molecule has 0 aliphatic rings. The van der Waals surface area contributed by atoms with Gasteiger partial charge in [-0.1, -0.05) is 52.4 Å². The number of rotatable bonds is 13. The van der Waals surface area contributed by atoms with Crippen LogP contribution in [0.25, 0.3) is 0 Å². The third-order valence-corrected chi connectivity index (χ3v) is 3.45. The third kappa shape index (κ3) is 8.31. The summed E-state index contributed by atoms with van der Waals surface area (Å²) in [5.74, 6) is 1.58. The highest BCUT2D eigenvalue weighted by molar-refractivity contribution is 4.82. The number of aromatic nitrogens is 2. The zero-order valence-electron chi connectivity index (χ0n) is 13.3. The van der Waals surface area contributed by atoms with Crippen molar-refractivity contribution in [1.82, 2.24) is 15.5 Å². The van der Waals surface area contributed by atoms with Crippen molar-refractivity contribution in [3.05, 3.63) is 11.8 Å². The average molecular weight is 281 g/mol. The van der Waals surface area contributed by atoms with Gasteiger partial charge in [-0.25, -0.2) is 0 Å². The molecule has 0 amide bonds. The predicted molar refractivity (Wildman–Crippen MR) is 82.9 cm³/mol. The Morgan fingerprint density at radius 1 is 0.750 bits per heavy atom. The van der Waals surface area contributed by atoms with Gasteiger partial charge in [-0.3, -0.25) is 0 Å². The summed E-state index contributed by atoms with van der Waals surface area (Å²) in [7, 11) is 0. The Morgan fingerprint density at radius 3 is 2.10 bits per heavy atom. The zero-order chi connectivity index (χ0) is 14.5. The topological polar surface area (TPSA) is 51.0 Å². The molecule has 0 spiro atoms. The van der Waals surface area contributed by atoms with Crippen molar-refractivity contribution in [1.29, 1.82) is 0 Å². The molecular formula is C16H31N3O. The highest BCUT2D eigenvalue weighted by Crippen LogP contribution is 2.10. The third-order valence-electron chi connectivity index (χ3n) is 3.45. The fraction of sp³-hybridized carbons (Fsp3) is 0.875. The highest BCUT2D eigenvalue weighted by Gasteiger charge is 2.05. The maximum atomic E-state index is 5.65. The lowest BCUT2D eigenvalue weighted by Gasteiger charge is -1.99. The van der Waals surface area contributed by atoms with Gasteiger partial charge < -0.3 is 9.73 Å². The molecule has 0 saturated carbocycles. The fourth-order valence-electron chi connectivity index (χ4n) is 2.22. The minimum atomic E-state index is 0.770. The molecule has 1 aromatic rings. The number of aryl methyl sites for hydroxylation is 1. The molecule has 1 aromatic heterocycles. The van der Waals surface area contributed by atoms with Crippen molar-refractivity contribution < 1.29 is 4.42 Å². The van der Waals surface area contributed by atoms with Gasteiger partial charge in [-0.05, 0) is 19.4 Å². The normalized spacial score (nSPS) is 11.1. The molecule has 20 heavy (non-hydrogen) atoms. The SMILES string of the molecule is CCCCCCCCCc1nnc(CCNCCC)o1. The van der Waals surface area contributed by atoms with E-state index < -0.39 is 0 Å². The minimum absolute atomic E-state index is 0.770. The van der Waals surface area contributed by atoms with Crippen LogP contribution < -0.4 is 5.32 Å². The van der Waals surface area contributed by atoms with Gasteiger partial charge in [0, 0.05) is 19.4 Å². The molecule has 0 unspecified atom stereocenters. The van der Waals surface area contributed by atoms with Crippen molar-refractivity contribution in [2.75, 3.05) is 13.1 Å². The summed E-state index contributed by atoms with van der Waals surface area (Å²) >= 11 is 0. The van der Waals surface area contributed by atoms with E-state index >= 15 is 0 Å². The van der Waals surface area contributed by atoms with Crippen LogP contribution in [-0.2, 0) is 12.8 Å². The molecule has 0 aliphatic carbocycles. The van der Waals surface area contributed by atoms with Gasteiger partial charge in [0.05, 0.1) is 0 Å². The molecule has 4 heteroatoms. The summed E-state index contributed by atoms with van der Waals surface area (Å²) in [4.78, 5) is 0. The zero-order valence-corrected chi connectivity index (χ0v) is 13.3. The van der Waals surface area contributed by atoms with Crippen LogP contribution in [0.3, 0.4) is 0 Å². The maximum absolute atomic E-state index is 5.65. The Hall–Kier alpha value is -0.900. The molecule has 0 aromatic carbocycles. The summed E-state index contributed by atoms with van der Waals surface area (Å²) in [6.45, 7) is 6.40. The van der Waals surface area contributed by atoms with Gasteiger partial charge in [-0.15, -0.1) is 10.2 Å². The first kappa shape index (κ1) is 17.2. The Morgan fingerprint density at radius 2 is 1.40 bits per heavy atom. The maximum Gasteiger partial charge on any atom is 0.217 e. The summed E-state index contributed by atoms with van der Waals surface area (Å²) in [5, 5.41) is 11.6. The molecule has 1 N–H and O–H groups in total. The molecule has 0 atom stereocenters. The van der Waals surface area contributed by atoms with Crippen LogP contribution in [0.4, 0.5) is 0 Å². The highest BCUT2D eigenvalue weighted by atomic mass is 16.4. The van der Waals surface area contributed by atoms with E-state index in [4.69, 9.17) is 4.42 Å². The molecule has 0 saturated heterocycles. The number of hydrogen-bond donors (Lipinski definition) is 1. The van der Waals surface area contributed by atoms with Gasteiger partial charge >= 0.3 is 0 Å². The van der Waals surface area contributed by atoms with E-state index in [1.807, 2.05) is 0 Å². The predicted octanol–water partition coefficient (Wildman–Crippen LogP) is 3.90. The fourth-order valence-corrected chi connectivity index (χ4v) is 2.22. The van der Waals surface area contributed by atoms with Gasteiger partial charge in [0.25, 0.3) is 0 Å². The van der Waals surface area contributed by atoms with Crippen molar-refractivity contribution in [2.45, 2.75) is 78.1 Å². The molecule has 0 fully saturated rings. The largest absolute Gasteiger partial charge is 0.425 e. The van der Waals surface area contributed by atoms with Crippen LogP contribution in [0.15, 0.2) is 4.42 Å². The summed E-state index contributed by atoms with van der Waals surface area (Å²) in [6, 6.07) is 0. The standard InChI is InChI=1S/C16H31N3O/c1-3-5-6-7-8-9-10-11-15-18-19-16(20-15)12-14-17-13-4-2/h17H,3-14H2,1-2H3. The smallest absolute Gasteiger partial charge is 0.217 e. The molecule has 0 bridgehead atoms. The van der Waals surface area contributed by atoms with Crippen molar-refractivity contribution >= 4 is 0 Å². The number of hydrogen-bond acceptors (Lipinski definition) is 4. The van der Waals surface area contributed by atoms with E-state index in [1.54, 1.807) is 0 Å². The van der Waals surface area contributed by atoms with Gasteiger partial charge in [-0.2, -0.15) is 0 Å². The second-order valence-electron chi connectivity index (χ2n) is 5.46. The molecule has 4 nitrogen and oxygen atoms in total. The number of nitrogens with zero attached hydrogens (tertiary/aromatic N) is 2. The molecule has 1 rings (SSSR count). The lowest BCUT2D eigenvalue weighted by atomic mass is 10.1. The van der Waals surface area contributed by atoms with Crippen LogP contribution in [0, 0.1) is 0 Å².